The summed E-state index contributed by atoms with van der Waals surface area (Å²) in [5, 5.41) is 8.10. The van der Waals surface area contributed by atoms with Gasteiger partial charge < -0.3 is 5.32 Å². The fourth-order valence-electron chi connectivity index (χ4n) is 2.44. The molecular weight excluding hydrogens is 258 g/mol. The summed E-state index contributed by atoms with van der Waals surface area (Å²) in [4.78, 5) is 0. The van der Waals surface area contributed by atoms with Gasteiger partial charge in [0, 0.05) is 11.8 Å². The molecule has 21 heavy (non-hydrogen) atoms. The first-order valence-corrected chi connectivity index (χ1v) is 7.25. The van der Waals surface area contributed by atoms with Gasteiger partial charge in [0.2, 0.25) is 0 Å². The zero-order chi connectivity index (χ0) is 14.7. The van der Waals surface area contributed by atoms with Crippen molar-refractivity contribution >= 4 is 11.5 Å². The van der Waals surface area contributed by atoms with Crippen LogP contribution in [0.4, 0.5) is 11.5 Å². The number of aryl methyl sites for hydroxylation is 2. The van der Waals surface area contributed by atoms with Gasteiger partial charge in [0.05, 0.1) is 11.4 Å². The smallest absolute Gasteiger partial charge is 0.134 e. The van der Waals surface area contributed by atoms with Crippen LogP contribution in [0.2, 0.25) is 0 Å². The number of para-hydroxylation sites is 2. The summed E-state index contributed by atoms with van der Waals surface area (Å²) in [6.45, 7) is 4.18. The average Bonchev–Trinajstić information content (AvgIpc) is 2.89. The van der Waals surface area contributed by atoms with E-state index >= 15 is 0 Å². The second kappa shape index (κ2) is 5.83. The van der Waals surface area contributed by atoms with Crippen molar-refractivity contribution in [2.24, 2.45) is 0 Å². The summed E-state index contributed by atoms with van der Waals surface area (Å²) in [5.41, 5.74) is 4.49. The molecule has 3 heteroatoms. The Morgan fingerprint density at radius 1 is 1.00 bits per heavy atom. The highest BCUT2D eigenvalue weighted by atomic mass is 15.3. The molecule has 1 N–H and O–H groups in total. The first-order chi connectivity index (χ1) is 10.3. The summed E-state index contributed by atoms with van der Waals surface area (Å²) in [5.74, 6) is 0.986. The van der Waals surface area contributed by atoms with Gasteiger partial charge in [-0.15, -0.1) is 0 Å². The second-order valence-corrected chi connectivity index (χ2v) is 5.05. The Hall–Kier alpha value is -2.55. The quantitative estimate of drug-likeness (QED) is 0.761. The maximum atomic E-state index is 4.59. The van der Waals surface area contributed by atoms with Crippen LogP contribution in [0.3, 0.4) is 0 Å². The van der Waals surface area contributed by atoms with Gasteiger partial charge in [-0.1, -0.05) is 43.3 Å². The molecule has 0 radical (unpaired) electrons. The van der Waals surface area contributed by atoms with Crippen LogP contribution in [-0.2, 0) is 6.42 Å². The minimum atomic E-state index is 0.986. The van der Waals surface area contributed by atoms with Crippen LogP contribution in [0.1, 0.15) is 18.2 Å². The maximum absolute atomic E-state index is 4.59. The molecule has 106 valence electrons. The average molecular weight is 277 g/mol. The van der Waals surface area contributed by atoms with E-state index < -0.39 is 0 Å². The number of anilines is 2. The van der Waals surface area contributed by atoms with E-state index in [9.17, 15) is 0 Å². The van der Waals surface area contributed by atoms with E-state index in [0.29, 0.717) is 0 Å². The predicted octanol–water partition coefficient (Wildman–Crippen LogP) is 4.49. The fourth-order valence-corrected chi connectivity index (χ4v) is 2.44. The molecule has 0 amide bonds. The molecule has 3 aromatic rings. The Morgan fingerprint density at radius 2 is 1.71 bits per heavy atom. The largest absolute Gasteiger partial charge is 0.340 e. The van der Waals surface area contributed by atoms with Gasteiger partial charge >= 0.3 is 0 Å². The van der Waals surface area contributed by atoms with E-state index in [-0.39, 0.29) is 0 Å². The number of aromatic nitrogens is 2. The molecule has 3 rings (SSSR count). The van der Waals surface area contributed by atoms with Crippen LogP contribution in [0.25, 0.3) is 5.69 Å². The van der Waals surface area contributed by atoms with Crippen molar-refractivity contribution in [2.45, 2.75) is 20.3 Å². The van der Waals surface area contributed by atoms with Crippen molar-refractivity contribution in [2.75, 3.05) is 5.32 Å². The predicted molar refractivity (Wildman–Crippen MR) is 87.4 cm³/mol. The lowest BCUT2D eigenvalue weighted by Crippen LogP contribution is -2.03. The van der Waals surface area contributed by atoms with Crippen LogP contribution in [-0.4, -0.2) is 9.78 Å². The van der Waals surface area contributed by atoms with Gasteiger partial charge in [-0.05, 0) is 37.1 Å². The first kappa shape index (κ1) is 13.4. The van der Waals surface area contributed by atoms with E-state index in [4.69, 9.17) is 0 Å². The number of rotatable bonds is 4. The monoisotopic (exact) mass is 277 g/mol. The Morgan fingerprint density at radius 3 is 2.48 bits per heavy atom. The summed E-state index contributed by atoms with van der Waals surface area (Å²) in [7, 11) is 0. The van der Waals surface area contributed by atoms with Crippen LogP contribution in [0.15, 0.2) is 60.7 Å². The summed E-state index contributed by atoms with van der Waals surface area (Å²) in [6, 6.07) is 20.6. The standard InChI is InChI=1S/C18H19N3/c1-3-15-9-7-8-12-17(15)19-18-13-14(2)20-21(18)16-10-5-4-6-11-16/h4-13,19H,3H2,1-2H3. The van der Waals surface area contributed by atoms with Gasteiger partial charge in [0.1, 0.15) is 5.82 Å². The molecule has 0 atom stereocenters. The first-order valence-electron chi connectivity index (χ1n) is 7.25. The third kappa shape index (κ3) is 2.82. The number of nitrogens with zero attached hydrogens (tertiary/aromatic N) is 2. The van der Waals surface area contributed by atoms with Crippen molar-refractivity contribution < 1.29 is 0 Å². The van der Waals surface area contributed by atoms with Gasteiger partial charge in [-0.25, -0.2) is 4.68 Å². The van der Waals surface area contributed by atoms with E-state index in [1.54, 1.807) is 0 Å². The molecule has 0 aliphatic carbocycles. The Balaban J connectivity index is 2.00. The number of benzene rings is 2. The Kier molecular flexibility index (Phi) is 3.73. The van der Waals surface area contributed by atoms with E-state index in [1.807, 2.05) is 29.8 Å². The molecule has 0 spiro atoms. The van der Waals surface area contributed by atoms with Crippen molar-refractivity contribution in [1.82, 2.24) is 9.78 Å². The lowest BCUT2D eigenvalue weighted by molar-refractivity contribution is 0.869. The highest BCUT2D eigenvalue weighted by Gasteiger charge is 2.09. The SMILES string of the molecule is CCc1ccccc1Nc1cc(C)nn1-c1ccccc1. The molecule has 1 heterocycles. The van der Waals surface area contributed by atoms with Crippen molar-refractivity contribution in [1.29, 1.82) is 0 Å². The lowest BCUT2D eigenvalue weighted by Gasteiger charge is -2.12. The van der Waals surface area contributed by atoms with Crippen molar-refractivity contribution in [3.05, 3.63) is 71.9 Å². The topological polar surface area (TPSA) is 29.9 Å². The number of hydrogen-bond acceptors (Lipinski definition) is 2. The zero-order valence-corrected chi connectivity index (χ0v) is 12.4. The molecule has 2 aromatic carbocycles. The van der Waals surface area contributed by atoms with Crippen molar-refractivity contribution in [3.8, 4) is 5.69 Å². The minimum absolute atomic E-state index is 0.986. The highest BCUT2D eigenvalue weighted by molar-refractivity contribution is 5.62. The lowest BCUT2D eigenvalue weighted by atomic mass is 10.1. The van der Waals surface area contributed by atoms with Crippen LogP contribution in [0, 0.1) is 6.92 Å². The highest BCUT2D eigenvalue weighted by Crippen LogP contribution is 2.24. The molecule has 0 fully saturated rings. The van der Waals surface area contributed by atoms with Crippen molar-refractivity contribution in [3.63, 3.8) is 0 Å². The molecule has 0 aliphatic heterocycles. The molecule has 0 unspecified atom stereocenters. The summed E-state index contributed by atoms with van der Waals surface area (Å²) >= 11 is 0. The van der Waals surface area contributed by atoms with Gasteiger partial charge in [0.25, 0.3) is 0 Å². The van der Waals surface area contributed by atoms with Crippen LogP contribution < -0.4 is 5.32 Å². The minimum Gasteiger partial charge on any atom is -0.340 e. The van der Waals surface area contributed by atoms with E-state index in [0.717, 1.165) is 29.3 Å². The molecule has 0 saturated carbocycles. The molecule has 0 bridgehead atoms. The molecule has 0 saturated heterocycles. The fraction of sp³-hybridized carbons (Fsp3) is 0.167. The third-order valence-electron chi connectivity index (χ3n) is 3.49. The van der Waals surface area contributed by atoms with E-state index in [1.165, 1.54) is 5.56 Å². The molecule has 0 aliphatic rings. The Labute approximate surface area is 125 Å². The van der Waals surface area contributed by atoms with Crippen LogP contribution >= 0.6 is 0 Å². The second-order valence-electron chi connectivity index (χ2n) is 5.05. The number of hydrogen-bond donors (Lipinski definition) is 1. The maximum Gasteiger partial charge on any atom is 0.134 e. The van der Waals surface area contributed by atoms with E-state index in [2.05, 4.69) is 59.8 Å². The zero-order valence-electron chi connectivity index (χ0n) is 12.4. The van der Waals surface area contributed by atoms with Gasteiger partial charge in [-0.2, -0.15) is 5.10 Å². The van der Waals surface area contributed by atoms with Gasteiger partial charge in [-0.3, -0.25) is 0 Å². The molecule has 1 aromatic heterocycles. The van der Waals surface area contributed by atoms with Crippen LogP contribution in [0.5, 0.6) is 0 Å². The Bertz CT molecular complexity index is 729. The molecular formula is C18H19N3. The summed E-state index contributed by atoms with van der Waals surface area (Å²) in [6.07, 6.45) is 1.00. The normalized spacial score (nSPS) is 10.6. The number of nitrogens with one attached hydrogen (secondary N) is 1. The molecule has 3 nitrogen and oxygen atoms in total. The summed E-state index contributed by atoms with van der Waals surface area (Å²) < 4.78 is 1.95. The third-order valence-corrected chi connectivity index (χ3v) is 3.49. The van der Waals surface area contributed by atoms with Gasteiger partial charge in [0.15, 0.2) is 0 Å².